The van der Waals surface area contributed by atoms with Crippen molar-refractivity contribution in [2.75, 3.05) is 5.32 Å². The maximum absolute atomic E-state index is 13.7. The molecule has 1 atom stereocenters. The number of hydrogen-bond donors (Lipinski definition) is 3. The number of amides is 2. The van der Waals surface area contributed by atoms with E-state index in [9.17, 15) is 14.0 Å². The average molecular weight is 418 g/mol. The van der Waals surface area contributed by atoms with Crippen LogP contribution >= 0.6 is 11.3 Å². The van der Waals surface area contributed by atoms with Crippen molar-refractivity contribution in [3.05, 3.63) is 35.4 Å². The molecule has 2 amide bonds. The van der Waals surface area contributed by atoms with E-state index < -0.39 is 11.9 Å². The van der Waals surface area contributed by atoms with Gasteiger partial charge in [-0.3, -0.25) is 14.6 Å². The zero-order valence-corrected chi connectivity index (χ0v) is 16.8. The normalized spacial score (nSPS) is 17.7. The molecule has 2 fully saturated rings. The fraction of sp³-hybridized carbons (Fsp3) is 0.500. The van der Waals surface area contributed by atoms with E-state index in [1.165, 1.54) is 31.3 Å². The van der Waals surface area contributed by atoms with Gasteiger partial charge in [0, 0.05) is 12.2 Å². The van der Waals surface area contributed by atoms with Gasteiger partial charge in [0.15, 0.2) is 10.9 Å². The Balaban J connectivity index is 1.40. The Kier molecular flexibility index (Phi) is 6.03. The first-order chi connectivity index (χ1) is 14.1. The number of carbonyl (C=O) groups is 2. The molecule has 7 nitrogen and oxygen atoms in total. The van der Waals surface area contributed by atoms with Crippen LogP contribution in [0.2, 0.25) is 0 Å². The molecule has 29 heavy (non-hydrogen) atoms. The summed E-state index contributed by atoms with van der Waals surface area (Å²) >= 11 is 1.11. The lowest BCUT2D eigenvalue weighted by molar-refractivity contribution is -0.123. The molecule has 0 bridgehead atoms. The van der Waals surface area contributed by atoms with Crippen molar-refractivity contribution < 1.29 is 14.0 Å². The number of halogens is 1. The van der Waals surface area contributed by atoms with Gasteiger partial charge in [-0.15, -0.1) is 0 Å². The predicted octanol–water partition coefficient (Wildman–Crippen LogP) is 3.38. The third-order valence-corrected chi connectivity index (χ3v) is 6.24. The molecule has 0 radical (unpaired) electrons. The van der Waals surface area contributed by atoms with Gasteiger partial charge in [-0.05, 0) is 31.2 Å². The summed E-state index contributed by atoms with van der Waals surface area (Å²) < 4.78 is 13.7. The summed E-state index contributed by atoms with van der Waals surface area (Å²) in [7, 11) is 0. The van der Waals surface area contributed by atoms with Gasteiger partial charge in [-0.2, -0.15) is 0 Å². The first-order valence-electron chi connectivity index (χ1n) is 10.0. The highest BCUT2D eigenvalue weighted by Crippen LogP contribution is 2.29. The lowest BCUT2D eigenvalue weighted by Gasteiger charge is -2.21. The van der Waals surface area contributed by atoms with Gasteiger partial charge in [0.05, 0.1) is 18.1 Å². The third-order valence-electron chi connectivity index (χ3n) is 5.33. The van der Waals surface area contributed by atoms with Crippen molar-refractivity contribution >= 4 is 34.0 Å². The predicted molar refractivity (Wildman–Crippen MR) is 109 cm³/mol. The standard InChI is InChI=1S/C20H24FN5O2S/c21-14-10-22-8-7-15(14)26-20-23-11-17(29-20)19(28)25-16(9-12-3-1-2-4-12)18(27)24-13-5-6-13/h7-8,10-13,16H,1-6,9H2,(H,24,27)(H,25,28)(H,22,23,26)/t16-/m0/s1. The van der Waals surface area contributed by atoms with Gasteiger partial charge >= 0.3 is 0 Å². The molecule has 0 spiro atoms. The van der Waals surface area contributed by atoms with Crippen LogP contribution in [0.5, 0.6) is 0 Å². The molecule has 9 heteroatoms. The summed E-state index contributed by atoms with van der Waals surface area (Å²) in [6.45, 7) is 0. The van der Waals surface area contributed by atoms with Crippen molar-refractivity contribution in [3.63, 3.8) is 0 Å². The minimum atomic E-state index is -0.539. The summed E-state index contributed by atoms with van der Waals surface area (Å²) in [6.07, 6.45) is 11.3. The molecule has 2 saturated carbocycles. The van der Waals surface area contributed by atoms with Gasteiger partial charge in [0.1, 0.15) is 10.9 Å². The Morgan fingerprint density at radius 3 is 2.72 bits per heavy atom. The summed E-state index contributed by atoms with van der Waals surface area (Å²) in [5, 5.41) is 9.14. The van der Waals surface area contributed by atoms with E-state index in [-0.39, 0.29) is 23.5 Å². The summed E-state index contributed by atoms with van der Waals surface area (Å²) in [4.78, 5) is 33.6. The van der Waals surface area contributed by atoms with Gasteiger partial charge in [-0.25, -0.2) is 9.37 Å². The Morgan fingerprint density at radius 2 is 2.00 bits per heavy atom. The number of thiazole rings is 1. The van der Waals surface area contributed by atoms with Crippen LogP contribution in [-0.2, 0) is 4.79 Å². The van der Waals surface area contributed by atoms with E-state index in [2.05, 4.69) is 25.9 Å². The molecular formula is C20H24FN5O2S. The molecule has 4 rings (SSSR count). The largest absolute Gasteiger partial charge is 0.352 e. The molecule has 0 aromatic carbocycles. The van der Waals surface area contributed by atoms with Crippen LogP contribution in [0.1, 0.15) is 54.6 Å². The maximum atomic E-state index is 13.7. The monoisotopic (exact) mass is 417 g/mol. The first kappa shape index (κ1) is 19.8. The van der Waals surface area contributed by atoms with Gasteiger partial charge in [0.2, 0.25) is 5.91 Å². The number of nitrogens with one attached hydrogen (secondary N) is 3. The highest BCUT2D eigenvalue weighted by atomic mass is 32.1. The highest BCUT2D eigenvalue weighted by Gasteiger charge is 2.31. The SMILES string of the molecule is O=C(N[C@@H](CC1CCCC1)C(=O)NC1CC1)c1cnc(Nc2ccncc2F)s1. The number of anilines is 2. The van der Waals surface area contributed by atoms with Gasteiger partial charge in [0.25, 0.3) is 5.91 Å². The molecule has 2 aromatic heterocycles. The van der Waals surface area contributed by atoms with Crippen molar-refractivity contribution in [1.29, 1.82) is 0 Å². The lowest BCUT2D eigenvalue weighted by Crippen LogP contribution is -2.48. The maximum Gasteiger partial charge on any atom is 0.263 e. The first-order valence-corrected chi connectivity index (χ1v) is 10.8. The Hall–Kier alpha value is -2.55. The Labute approximate surface area is 172 Å². The van der Waals surface area contributed by atoms with E-state index in [0.717, 1.165) is 43.2 Å². The Morgan fingerprint density at radius 1 is 1.21 bits per heavy atom. The second kappa shape index (κ2) is 8.86. The number of pyridine rings is 1. The van der Waals surface area contributed by atoms with Crippen LogP contribution in [0, 0.1) is 11.7 Å². The topological polar surface area (TPSA) is 96.0 Å². The van der Waals surface area contributed by atoms with Crippen molar-refractivity contribution in [3.8, 4) is 0 Å². The molecule has 0 saturated heterocycles. The summed E-state index contributed by atoms with van der Waals surface area (Å²) in [5.41, 5.74) is 0.240. The zero-order chi connectivity index (χ0) is 20.2. The van der Waals surface area contributed by atoms with Crippen molar-refractivity contribution in [1.82, 2.24) is 20.6 Å². The van der Waals surface area contributed by atoms with Crippen LogP contribution in [0.3, 0.4) is 0 Å². The van der Waals surface area contributed by atoms with E-state index in [0.29, 0.717) is 22.3 Å². The van der Waals surface area contributed by atoms with Crippen LogP contribution in [-0.4, -0.2) is 33.9 Å². The average Bonchev–Trinajstić information content (AvgIpc) is 3.17. The fourth-order valence-electron chi connectivity index (χ4n) is 3.60. The number of nitrogens with zero attached hydrogens (tertiary/aromatic N) is 2. The van der Waals surface area contributed by atoms with E-state index in [1.807, 2.05) is 0 Å². The van der Waals surface area contributed by atoms with Gasteiger partial charge < -0.3 is 16.0 Å². The van der Waals surface area contributed by atoms with Crippen molar-refractivity contribution in [2.45, 2.75) is 57.0 Å². The van der Waals surface area contributed by atoms with E-state index >= 15 is 0 Å². The van der Waals surface area contributed by atoms with Crippen molar-refractivity contribution in [2.24, 2.45) is 5.92 Å². The van der Waals surface area contributed by atoms with Crippen LogP contribution in [0.25, 0.3) is 0 Å². The third kappa shape index (κ3) is 5.29. The molecule has 2 heterocycles. The highest BCUT2D eigenvalue weighted by molar-refractivity contribution is 7.17. The summed E-state index contributed by atoms with van der Waals surface area (Å²) in [6, 6.07) is 1.21. The van der Waals surface area contributed by atoms with Crippen LogP contribution in [0.15, 0.2) is 24.7 Å². The van der Waals surface area contributed by atoms with Crippen LogP contribution in [0.4, 0.5) is 15.2 Å². The smallest absolute Gasteiger partial charge is 0.263 e. The molecular weight excluding hydrogens is 393 g/mol. The second-order valence-electron chi connectivity index (χ2n) is 7.71. The molecule has 0 unspecified atom stereocenters. The zero-order valence-electron chi connectivity index (χ0n) is 16.0. The minimum Gasteiger partial charge on any atom is -0.352 e. The number of hydrogen-bond acceptors (Lipinski definition) is 6. The molecule has 0 aliphatic heterocycles. The molecule has 2 aromatic rings. The Bertz CT molecular complexity index is 879. The second-order valence-corrected chi connectivity index (χ2v) is 8.74. The lowest BCUT2D eigenvalue weighted by atomic mass is 9.97. The fourth-order valence-corrected chi connectivity index (χ4v) is 4.33. The minimum absolute atomic E-state index is 0.102. The number of aromatic nitrogens is 2. The molecule has 3 N–H and O–H groups in total. The summed E-state index contributed by atoms with van der Waals surface area (Å²) in [5.74, 6) is -0.463. The molecule has 2 aliphatic rings. The van der Waals surface area contributed by atoms with E-state index in [1.54, 1.807) is 0 Å². The number of rotatable bonds is 8. The molecule has 2 aliphatic carbocycles. The van der Waals surface area contributed by atoms with Gasteiger partial charge in [-0.1, -0.05) is 37.0 Å². The molecule has 154 valence electrons. The number of carbonyl (C=O) groups excluding carboxylic acids is 2. The quantitative estimate of drug-likeness (QED) is 0.612. The van der Waals surface area contributed by atoms with Crippen LogP contribution < -0.4 is 16.0 Å². The van der Waals surface area contributed by atoms with E-state index in [4.69, 9.17) is 0 Å².